The fourth-order valence-electron chi connectivity index (χ4n) is 1.70. The molecule has 3 nitrogen and oxygen atoms in total. The van der Waals surface area contributed by atoms with Crippen LogP contribution in [-0.4, -0.2) is 35.1 Å². The van der Waals surface area contributed by atoms with Gasteiger partial charge in [-0.25, -0.2) is 0 Å². The van der Waals surface area contributed by atoms with Crippen LogP contribution in [0.25, 0.3) is 0 Å². The number of carbonyl (C=O) groups excluding carboxylic acids is 1. The number of carbonyl (C=O) groups is 1. The van der Waals surface area contributed by atoms with Crippen molar-refractivity contribution in [2.75, 3.05) is 13.1 Å². The van der Waals surface area contributed by atoms with Crippen LogP contribution in [0.1, 0.15) is 34.1 Å². The summed E-state index contributed by atoms with van der Waals surface area (Å²) in [6, 6.07) is 0. The first-order valence-electron chi connectivity index (χ1n) is 5.31. The highest BCUT2D eigenvalue weighted by atomic mass is 16.3. The van der Waals surface area contributed by atoms with E-state index in [9.17, 15) is 9.90 Å². The van der Waals surface area contributed by atoms with Gasteiger partial charge in [0.05, 0.1) is 6.10 Å². The number of hydrogen-bond acceptors (Lipinski definition) is 2. The van der Waals surface area contributed by atoms with Gasteiger partial charge in [-0.3, -0.25) is 4.79 Å². The molecule has 0 spiro atoms. The van der Waals surface area contributed by atoms with E-state index in [4.69, 9.17) is 0 Å². The van der Waals surface area contributed by atoms with E-state index in [1.165, 1.54) is 0 Å². The van der Waals surface area contributed by atoms with Crippen LogP contribution in [0.4, 0.5) is 0 Å². The van der Waals surface area contributed by atoms with Crippen LogP contribution in [0.15, 0.2) is 0 Å². The molecule has 0 saturated carbocycles. The van der Waals surface area contributed by atoms with Gasteiger partial charge in [0.1, 0.15) is 0 Å². The van der Waals surface area contributed by atoms with Gasteiger partial charge in [0.25, 0.3) is 0 Å². The molecule has 1 fully saturated rings. The van der Waals surface area contributed by atoms with E-state index in [1.807, 2.05) is 13.8 Å². The lowest BCUT2D eigenvalue weighted by Gasteiger charge is -2.41. The molecule has 1 rings (SSSR count). The minimum atomic E-state index is -0.390. The van der Waals surface area contributed by atoms with Gasteiger partial charge in [-0.1, -0.05) is 27.7 Å². The first kappa shape index (κ1) is 11.5. The van der Waals surface area contributed by atoms with E-state index in [1.54, 1.807) is 4.90 Å². The highest BCUT2D eigenvalue weighted by Crippen LogP contribution is 2.30. The normalized spacial score (nSPS) is 26.7. The zero-order valence-electron chi connectivity index (χ0n) is 9.58. The highest BCUT2D eigenvalue weighted by molar-refractivity contribution is 5.78. The van der Waals surface area contributed by atoms with Crippen LogP contribution in [0.5, 0.6) is 0 Å². The predicted octanol–water partition coefficient (Wildman–Crippen LogP) is 1.26. The molecule has 14 heavy (non-hydrogen) atoms. The summed E-state index contributed by atoms with van der Waals surface area (Å²) in [7, 11) is 0. The van der Waals surface area contributed by atoms with Crippen molar-refractivity contribution in [2.24, 2.45) is 11.3 Å². The van der Waals surface area contributed by atoms with Crippen LogP contribution in [-0.2, 0) is 4.79 Å². The minimum absolute atomic E-state index is 0.0309. The van der Waals surface area contributed by atoms with Gasteiger partial charge in [0, 0.05) is 19.0 Å². The first-order chi connectivity index (χ1) is 6.34. The van der Waals surface area contributed by atoms with Gasteiger partial charge < -0.3 is 10.0 Å². The second-order valence-corrected chi connectivity index (χ2v) is 5.19. The molecular formula is C11H21NO2. The lowest BCUT2D eigenvalue weighted by atomic mass is 9.80. The van der Waals surface area contributed by atoms with Crippen LogP contribution >= 0.6 is 0 Å². The van der Waals surface area contributed by atoms with Crippen LogP contribution in [0.2, 0.25) is 0 Å². The summed E-state index contributed by atoms with van der Waals surface area (Å²) in [6.45, 7) is 9.16. The van der Waals surface area contributed by atoms with E-state index in [-0.39, 0.29) is 23.3 Å². The topological polar surface area (TPSA) is 40.5 Å². The summed E-state index contributed by atoms with van der Waals surface area (Å²) in [5.74, 6) is 0.183. The monoisotopic (exact) mass is 199 g/mol. The molecule has 1 amide bonds. The van der Waals surface area contributed by atoms with Crippen molar-refractivity contribution in [1.82, 2.24) is 4.90 Å². The van der Waals surface area contributed by atoms with E-state index in [0.717, 1.165) is 13.0 Å². The van der Waals surface area contributed by atoms with Gasteiger partial charge in [0.2, 0.25) is 5.91 Å². The molecule has 3 heteroatoms. The van der Waals surface area contributed by atoms with Crippen LogP contribution in [0.3, 0.4) is 0 Å². The molecule has 0 aromatic rings. The van der Waals surface area contributed by atoms with Crippen LogP contribution in [0, 0.1) is 11.3 Å². The number of rotatable bonds is 1. The maximum absolute atomic E-state index is 11.7. The lowest BCUT2D eigenvalue weighted by Crippen LogP contribution is -2.51. The molecular weight excluding hydrogens is 178 g/mol. The Hall–Kier alpha value is -0.570. The Kier molecular flexibility index (Phi) is 3.20. The molecule has 1 heterocycles. The number of hydrogen-bond donors (Lipinski definition) is 1. The third kappa shape index (κ3) is 2.27. The Morgan fingerprint density at radius 1 is 1.50 bits per heavy atom. The summed E-state index contributed by atoms with van der Waals surface area (Å²) >= 11 is 0. The Morgan fingerprint density at radius 2 is 2.07 bits per heavy atom. The molecule has 1 N–H and O–H groups in total. The van der Waals surface area contributed by atoms with Crippen molar-refractivity contribution >= 4 is 5.91 Å². The summed E-state index contributed by atoms with van der Waals surface area (Å²) in [5, 5.41) is 9.84. The lowest BCUT2D eigenvalue weighted by molar-refractivity contribution is -0.141. The quantitative estimate of drug-likeness (QED) is 0.690. The fourth-order valence-corrected chi connectivity index (χ4v) is 1.70. The second-order valence-electron chi connectivity index (χ2n) is 5.19. The van der Waals surface area contributed by atoms with Crippen molar-refractivity contribution in [2.45, 2.75) is 40.2 Å². The SMILES string of the molecule is CC(C)C(=O)N1CCC(C)(C)C(O)C1. The van der Waals surface area contributed by atoms with Gasteiger partial charge in [-0.2, -0.15) is 0 Å². The van der Waals surface area contributed by atoms with E-state index >= 15 is 0 Å². The maximum atomic E-state index is 11.7. The predicted molar refractivity (Wildman–Crippen MR) is 55.8 cm³/mol. The van der Waals surface area contributed by atoms with Crippen molar-refractivity contribution in [3.63, 3.8) is 0 Å². The number of aliphatic hydroxyl groups excluding tert-OH is 1. The summed E-state index contributed by atoms with van der Waals surface area (Å²) in [4.78, 5) is 13.4. The van der Waals surface area contributed by atoms with E-state index in [0.29, 0.717) is 6.54 Å². The highest BCUT2D eigenvalue weighted by Gasteiger charge is 2.36. The third-order valence-corrected chi connectivity index (χ3v) is 3.13. The smallest absolute Gasteiger partial charge is 0.225 e. The number of β-amino-alcohol motifs (C(OH)–C–C–N with tert-alkyl or cyclic N) is 1. The number of aliphatic hydroxyl groups is 1. The van der Waals surface area contributed by atoms with Crippen molar-refractivity contribution < 1.29 is 9.90 Å². The molecule has 1 aliphatic heterocycles. The molecule has 0 radical (unpaired) electrons. The van der Waals surface area contributed by atoms with Crippen molar-refractivity contribution in [3.05, 3.63) is 0 Å². The summed E-state index contributed by atoms with van der Waals surface area (Å²) in [5.41, 5.74) is -0.0479. The Morgan fingerprint density at radius 3 is 2.50 bits per heavy atom. The molecule has 1 aliphatic rings. The maximum Gasteiger partial charge on any atom is 0.225 e. The molecule has 0 aromatic carbocycles. The van der Waals surface area contributed by atoms with Crippen molar-refractivity contribution in [3.8, 4) is 0 Å². The molecule has 0 aliphatic carbocycles. The van der Waals surface area contributed by atoms with E-state index in [2.05, 4.69) is 13.8 Å². The van der Waals surface area contributed by atoms with Gasteiger partial charge in [-0.05, 0) is 11.8 Å². The molecule has 1 saturated heterocycles. The average molecular weight is 199 g/mol. The summed E-state index contributed by atoms with van der Waals surface area (Å²) in [6.07, 6.45) is 0.492. The molecule has 82 valence electrons. The Balaban J connectivity index is 2.59. The number of likely N-dealkylation sites (tertiary alicyclic amines) is 1. The standard InChI is InChI=1S/C11H21NO2/c1-8(2)10(14)12-6-5-11(3,4)9(13)7-12/h8-9,13H,5-7H2,1-4H3. The number of piperidine rings is 1. The second kappa shape index (κ2) is 3.89. The zero-order chi connectivity index (χ0) is 10.9. The number of amides is 1. The average Bonchev–Trinajstić information content (AvgIpc) is 2.08. The van der Waals surface area contributed by atoms with Gasteiger partial charge in [-0.15, -0.1) is 0 Å². The van der Waals surface area contributed by atoms with E-state index < -0.39 is 0 Å². The fraction of sp³-hybridized carbons (Fsp3) is 0.909. The number of nitrogens with zero attached hydrogens (tertiary/aromatic N) is 1. The minimum Gasteiger partial charge on any atom is -0.391 e. The van der Waals surface area contributed by atoms with Gasteiger partial charge >= 0.3 is 0 Å². The largest absolute Gasteiger partial charge is 0.391 e. The van der Waals surface area contributed by atoms with Gasteiger partial charge in [0.15, 0.2) is 0 Å². The summed E-state index contributed by atoms with van der Waals surface area (Å²) < 4.78 is 0. The molecule has 0 bridgehead atoms. The zero-order valence-corrected chi connectivity index (χ0v) is 9.58. The Labute approximate surface area is 86.1 Å². The Bertz CT molecular complexity index is 223. The van der Waals surface area contributed by atoms with Crippen molar-refractivity contribution in [1.29, 1.82) is 0 Å². The third-order valence-electron chi connectivity index (χ3n) is 3.13. The molecule has 1 unspecified atom stereocenters. The molecule has 1 atom stereocenters. The molecule has 0 aromatic heterocycles. The first-order valence-corrected chi connectivity index (χ1v) is 5.31. The van der Waals surface area contributed by atoms with Crippen LogP contribution < -0.4 is 0 Å².